The third-order valence-electron chi connectivity index (χ3n) is 3.58. The van der Waals surface area contributed by atoms with Gasteiger partial charge in [0.05, 0.1) is 11.2 Å². The molecule has 0 aliphatic rings. The van der Waals surface area contributed by atoms with Gasteiger partial charge in [0.15, 0.2) is 0 Å². The van der Waals surface area contributed by atoms with Crippen LogP contribution in [0.5, 0.6) is 0 Å². The number of halogens is 2. The van der Waals surface area contributed by atoms with Crippen LogP contribution in [0.25, 0.3) is 0 Å². The second-order valence-corrected chi connectivity index (χ2v) is 6.38. The van der Waals surface area contributed by atoms with E-state index in [2.05, 4.69) is 15.8 Å². The molecular weight excluding hydrogens is 345 g/mol. The molecule has 2 N–H and O–H groups in total. The van der Waals surface area contributed by atoms with Gasteiger partial charge in [-0.1, -0.05) is 47.5 Å². The smallest absolute Gasteiger partial charge is 0.262 e. The lowest BCUT2D eigenvalue weighted by molar-refractivity contribution is -0.121. The van der Waals surface area contributed by atoms with Crippen molar-refractivity contribution < 1.29 is 4.79 Å². The maximum atomic E-state index is 12.2. The first-order valence-corrected chi connectivity index (χ1v) is 8.25. The summed E-state index contributed by atoms with van der Waals surface area (Å²) in [6.07, 6.45) is 1.49. The van der Waals surface area contributed by atoms with Crippen molar-refractivity contribution >= 4 is 41.0 Å². The van der Waals surface area contributed by atoms with Crippen LogP contribution in [0.15, 0.2) is 41.5 Å². The molecule has 0 aliphatic heterocycles. The summed E-state index contributed by atoms with van der Waals surface area (Å²) in [6.45, 7) is 5.79. The zero-order valence-electron chi connectivity index (χ0n) is 13.7. The number of benzene rings is 2. The Kier molecular flexibility index (Phi) is 6.23. The third kappa shape index (κ3) is 4.73. The molecule has 126 valence electrons. The van der Waals surface area contributed by atoms with Gasteiger partial charge in [-0.05, 0) is 44.0 Å². The highest BCUT2D eigenvalue weighted by molar-refractivity contribution is 6.36. The van der Waals surface area contributed by atoms with Gasteiger partial charge in [-0.15, -0.1) is 0 Å². The Morgan fingerprint density at radius 3 is 2.46 bits per heavy atom. The first-order chi connectivity index (χ1) is 11.4. The van der Waals surface area contributed by atoms with Gasteiger partial charge in [0.1, 0.15) is 6.04 Å². The van der Waals surface area contributed by atoms with Crippen LogP contribution in [0.4, 0.5) is 5.69 Å². The minimum atomic E-state index is -0.428. The lowest BCUT2D eigenvalue weighted by Crippen LogP contribution is -2.35. The molecule has 0 aliphatic carbocycles. The largest absolute Gasteiger partial charge is 0.373 e. The lowest BCUT2D eigenvalue weighted by Gasteiger charge is -2.17. The number of nitrogens with zero attached hydrogens (tertiary/aromatic N) is 1. The van der Waals surface area contributed by atoms with Crippen molar-refractivity contribution in [1.82, 2.24) is 5.43 Å². The number of anilines is 1. The van der Waals surface area contributed by atoms with Crippen molar-refractivity contribution in [1.29, 1.82) is 0 Å². The Hall–Kier alpha value is -2.04. The molecule has 1 amide bonds. The molecule has 2 aromatic rings. The zero-order chi connectivity index (χ0) is 17.7. The zero-order valence-corrected chi connectivity index (χ0v) is 15.2. The van der Waals surface area contributed by atoms with E-state index in [1.54, 1.807) is 25.1 Å². The highest BCUT2D eigenvalue weighted by Gasteiger charge is 2.13. The maximum Gasteiger partial charge on any atom is 0.262 e. The molecule has 2 rings (SSSR count). The van der Waals surface area contributed by atoms with Crippen LogP contribution >= 0.6 is 23.2 Å². The molecule has 0 saturated heterocycles. The van der Waals surface area contributed by atoms with Gasteiger partial charge in [-0.2, -0.15) is 5.10 Å². The van der Waals surface area contributed by atoms with E-state index >= 15 is 0 Å². The number of hydrazone groups is 1. The van der Waals surface area contributed by atoms with E-state index in [4.69, 9.17) is 23.2 Å². The quantitative estimate of drug-likeness (QED) is 0.604. The summed E-state index contributed by atoms with van der Waals surface area (Å²) in [5.41, 5.74) is 6.33. The monoisotopic (exact) mass is 363 g/mol. The van der Waals surface area contributed by atoms with E-state index in [-0.39, 0.29) is 5.91 Å². The highest BCUT2D eigenvalue weighted by atomic mass is 35.5. The number of amides is 1. The highest BCUT2D eigenvalue weighted by Crippen LogP contribution is 2.20. The standard InChI is InChI=1S/C18H19Cl2N3O/c1-11-5-4-6-12(2)17(11)22-13(3)18(24)23-21-10-14-7-8-15(19)9-16(14)20/h4-10,13,22H,1-3H3,(H,23,24)/b21-10-/t13-/m0/s1. The van der Waals surface area contributed by atoms with Crippen LogP contribution in [-0.2, 0) is 4.79 Å². The van der Waals surface area contributed by atoms with E-state index in [1.165, 1.54) is 6.21 Å². The number of carbonyl (C=O) groups is 1. The van der Waals surface area contributed by atoms with Gasteiger partial charge in [0, 0.05) is 16.3 Å². The van der Waals surface area contributed by atoms with Crippen molar-refractivity contribution in [3.63, 3.8) is 0 Å². The minimum Gasteiger partial charge on any atom is -0.373 e. The second kappa shape index (κ2) is 8.18. The average molecular weight is 364 g/mol. The molecule has 6 heteroatoms. The van der Waals surface area contributed by atoms with Crippen LogP contribution in [0.1, 0.15) is 23.6 Å². The number of rotatable bonds is 5. The third-order valence-corrected chi connectivity index (χ3v) is 4.14. The predicted octanol–water partition coefficient (Wildman–Crippen LogP) is 4.56. The number of aryl methyl sites for hydroxylation is 2. The molecule has 0 spiro atoms. The van der Waals surface area contributed by atoms with Gasteiger partial charge in [-0.25, -0.2) is 5.43 Å². The van der Waals surface area contributed by atoms with Crippen molar-refractivity contribution in [2.24, 2.45) is 5.10 Å². The first kappa shape index (κ1) is 18.3. The summed E-state index contributed by atoms with van der Waals surface area (Å²) in [4.78, 5) is 12.2. The molecular formula is C18H19Cl2N3O. The van der Waals surface area contributed by atoms with Gasteiger partial charge < -0.3 is 5.32 Å². The molecule has 0 radical (unpaired) electrons. The molecule has 0 fully saturated rings. The van der Waals surface area contributed by atoms with Gasteiger partial charge in [-0.3, -0.25) is 4.79 Å². The Bertz CT molecular complexity index is 755. The fourth-order valence-corrected chi connectivity index (χ4v) is 2.65. The number of para-hydroxylation sites is 1. The average Bonchev–Trinajstić information content (AvgIpc) is 2.52. The van der Waals surface area contributed by atoms with E-state index in [1.807, 2.05) is 32.0 Å². The predicted molar refractivity (Wildman–Crippen MR) is 101 cm³/mol. The fourth-order valence-electron chi connectivity index (χ4n) is 2.19. The Labute approximate surface area is 151 Å². The topological polar surface area (TPSA) is 53.5 Å². The Balaban J connectivity index is 1.98. The molecule has 0 bridgehead atoms. The molecule has 0 saturated carbocycles. The summed E-state index contributed by atoms with van der Waals surface area (Å²) >= 11 is 11.9. The van der Waals surface area contributed by atoms with Crippen LogP contribution < -0.4 is 10.7 Å². The molecule has 1 atom stereocenters. The minimum absolute atomic E-state index is 0.237. The number of nitrogens with one attached hydrogen (secondary N) is 2. The normalized spacial score (nSPS) is 12.2. The number of hydrogen-bond donors (Lipinski definition) is 2. The molecule has 2 aromatic carbocycles. The molecule has 0 heterocycles. The lowest BCUT2D eigenvalue weighted by atomic mass is 10.1. The Morgan fingerprint density at radius 2 is 1.83 bits per heavy atom. The van der Waals surface area contributed by atoms with Crippen molar-refractivity contribution in [2.45, 2.75) is 26.8 Å². The summed E-state index contributed by atoms with van der Waals surface area (Å²) < 4.78 is 0. The number of carbonyl (C=O) groups excluding carboxylic acids is 1. The second-order valence-electron chi connectivity index (χ2n) is 5.53. The molecule has 4 nitrogen and oxygen atoms in total. The van der Waals surface area contributed by atoms with Crippen LogP contribution in [-0.4, -0.2) is 18.2 Å². The van der Waals surface area contributed by atoms with Gasteiger partial charge in [0.25, 0.3) is 5.91 Å². The fraction of sp³-hybridized carbons (Fsp3) is 0.222. The van der Waals surface area contributed by atoms with E-state index in [0.29, 0.717) is 15.6 Å². The summed E-state index contributed by atoms with van der Waals surface area (Å²) in [7, 11) is 0. The maximum absolute atomic E-state index is 12.2. The van der Waals surface area contributed by atoms with Crippen LogP contribution in [0, 0.1) is 13.8 Å². The summed E-state index contributed by atoms with van der Waals surface area (Å²) in [5, 5.41) is 8.19. The van der Waals surface area contributed by atoms with Gasteiger partial charge in [0.2, 0.25) is 0 Å². The Morgan fingerprint density at radius 1 is 1.17 bits per heavy atom. The van der Waals surface area contributed by atoms with Crippen molar-refractivity contribution in [2.75, 3.05) is 5.32 Å². The molecule has 0 aromatic heterocycles. The van der Waals surface area contributed by atoms with Gasteiger partial charge >= 0.3 is 0 Å². The van der Waals surface area contributed by atoms with E-state index in [0.717, 1.165) is 16.8 Å². The van der Waals surface area contributed by atoms with Crippen molar-refractivity contribution in [3.05, 3.63) is 63.1 Å². The van der Waals surface area contributed by atoms with Crippen molar-refractivity contribution in [3.8, 4) is 0 Å². The first-order valence-electron chi connectivity index (χ1n) is 7.49. The summed E-state index contributed by atoms with van der Waals surface area (Å²) in [6, 6.07) is 10.6. The van der Waals surface area contributed by atoms with E-state index < -0.39 is 6.04 Å². The molecule has 0 unspecified atom stereocenters. The number of hydrogen-bond acceptors (Lipinski definition) is 3. The molecule has 24 heavy (non-hydrogen) atoms. The summed E-state index contributed by atoms with van der Waals surface area (Å²) in [5.74, 6) is -0.237. The van der Waals surface area contributed by atoms with E-state index in [9.17, 15) is 4.79 Å². The SMILES string of the molecule is Cc1cccc(C)c1N[C@@H](C)C(=O)N/N=C\c1ccc(Cl)cc1Cl. The van der Waals surface area contributed by atoms with Crippen LogP contribution in [0.3, 0.4) is 0 Å². The van der Waals surface area contributed by atoms with Crippen LogP contribution in [0.2, 0.25) is 10.0 Å².